The van der Waals surface area contributed by atoms with Crippen molar-refractivity contribution in [2.75, 3.05) is 39.8 Å². The lowest BCUT2D eigenvalue weighted by molar-refractivity contribution is 0.249. The van der Waals surface area contributed by atoms with Crippen LogP contribution in [0.5, 0.6) is 0 Å². The van der Waals surface area contributed by atoms with Crippen LogP contribution in [-0.4, -0.2) is 61.6 Å². The third-order valence-electron chi connectivity index (χ3n) is 5.07. The lowest BCUT2D eigenvalue weighted by atomic mass is 10.1. The molecule has 3 rings (SSSR count). The number of thiophene rings is 1. The third kappa shape index (κ3) is 4.48. The summed E-state index contributed by atoms with van der Waals surface area (Å²) in [5.41, 5.74) is 0. The van der Waals surface area contributed by atoms with Gasteiger partial charge in [-0.05, 0) is 56.1 Å². The fourth-order valence-electron chi connectivity index (χ4n) is 3.78. The topological polar surface area (TPSA) is 30.9 Å². The number of hydrogen-bond acceptors (Lipinski definition) is 3. The highest BCUT2D eigenvalue weighted by Crippen LogP contribution is 2.20. The molecule has 3 heterocycles. The summed E-state index contributed by atoms with van der Waals surface area (Å²) in [7, 11) is 1.91. The summed E-state index contributed by atoms with van der Waals surface area (Å²) in [4.78, 5) is 11.1. The lowest BCUT2D eigenvalue weighted by Gasteiger charge is -2.26. The van der Waals surface area contributed by atoms with Crippen LogP contribution >= 0.6 is 11.3 Å². The van der Waals surface area contributed by atoms with E-state index < -0.39 is 0 Å². The van der Waals surface area contributed by atoms with Gasteiger partial charge in [-0.1, -0.05) is 13.0 Å². The molecule has 1 aromatic rings. The Morgan fingerprint density at radius 2 is 2.22 bits per heavy atom. The van der Waals surface area contributed by atoms with Gasteiger partial charge in [-0.3, -0.25) is 9.89 Å². The minimum Gasteiger partial charge on any atom is -0.356 e. The van der Waals surface area contributed by atoms with E-state index in [1.165, 1.54) is 37.2 Å². The van der Waals surface area contributed by atoms with Gasteiger partial charge in [0, 0.05) is 37.6 Å². The number of nitrogens with zero attached hydrogens (tertiary/aromatic N) is 3. The van der Waals surface area contributed by atoms with Crippen molar-refractivity contribution in [3.8, 4) is 0 Å². The fourth-order valence-corrected chi connectivity index (χ4v) is 4.65. The van der Waals surface area contributed by atoms with E-state index in [0.717, 1.165) is 38.1 Å². The predicted octanol–water partition coefficient (Wildman–Crippen LogP) is 2.67. The van der Waals surface area contributed by atoms with Crippen molar-refractivity contribution in [2.45, 2.75) is 38.6 Å². The summed E-state index contributed by atoms with van der Waals surface area (Å²) in [6, 6.07) is 5.11. The van der Waals surface area contributed by atoms with Crippen LogP contribution in [0.2, 0.25) is 0 Å². The highest BCUT2D eigenvalue weighted by Gasteiger charge is 2.30. The Hall–Kier alpha value is -1.07. The predicted molar refractivity (Wildman–Crippen MR) is 99.3 cm³/mol. The van der Waals surface area contributed by atoms with E-state index in [0.29, 0.717) is 5.92 Å². The van der Waals surface area contributed by atoms with Gasteiger partial charge in [0.2, 0.25) is 0 Å². The molecule has 2 unspecified atom stereocenters. The Balaban J connectivity index is 1.44. The zero-order chi connectivity index (χ0) is 16.1. The average molecular weight is 335 g/mol. The Morgan fingerprint density at radius 1 is 1.39 bits per heavy atom. The van der Waals surface area contributed by atoms with Crippen LogP contribution in [0.25, 0.3) is 0 Å². The van der Waals surface area contributed by atoms with Crippen LogP contribution in [0.1, 0.15) is 31.1 Å². The van der Waals surface area contributed by atoms with Crippen LogP contribution in [0.4, 0.5) is 0 Å². The van der Waals surface area contributed by atoms with Gasteiger partial charge in [-0.2, -0.15) is 0 Å². The van der Waals surface area contributed by atoms with Crippen molar-refractivity contribution in [1.82, 2.24) is 15.1 Å². The molecule has 2 saturated heterocycles. The van der Waals surface area contributed by atoms with Gasteiger partial charge in [-0.15, -0.1) is 11.3 Å². The number of nitrogens with one attached hydrogen (secondary N) is 1. The number of hydrogen-bond donors (Lipinski definition) is 1. The molecule has 0 aliphatic carbocycles. The molecule has 0 amide bonds. The molecule has 4 nitrogen and oxygen atoms in total. The molecule has 23 heavy (non-hydrogen) atoms. The number of guanidine groups is 1. The Morgan fingerprint density at radius 3 is 2.91 bits per heavy atom. The van der Waals surface area contributed by atoms with Crippen LogP contribution in [-0.2, 0) is 6.42 Å². The first-order chi connectivity index (χ1) is 11.3. The van der Waals surface area contributed by atoms with Crippen LogP contribution in [0, 0.1) is 5.92 Å². The second kappa shape index (κ2) is 8.15. The van der Waals surface area contributed by atoms with Gasteiger partial charge < -0.3 is 10.2 Å². The first kappa shape index (κ1) is 16.8. The van der Waals surface area contributed by atoms with Crippen molar-refractivity contribution in [2.24, 2.45) is 10.9 Å². The molecule has 0 spiro atoms. The molecule has 2 atom stereocenters. The lowest BCUT2D eigenvalue weighted by Crippen LogP contribution is -2.44. The van der Waals surface area contributed by atoms with Gasteiger partial charge in [0.1, 0.15) is 0 Å². The van der Waals surface area contributed by atoms with Gasteiger partial charge in [0.25, 0.3) is 0 Å². The summed E-state index contributed by atoms with van der Waals surface area (Å²) < 4.78 is 0. The van der Waals surface area contributed by atoms with E-state index in [2.05, 4.69) is 44.5 Å². The maximum atomic E-state index is 4.52. The van der Waals surface area contributed by atoms with Crippen molar-refractivity contribution in [3.05, 3.63) is 22.4 Å². The summed E-state index contributed by atoms with van der Waals surface area (Å²) in [6.45, 7) is 8.18. The largest absolute Gasteiger partial charge is 0.356 e. The van der Waals surface area contributed by atoms with E-state index in [1.807, 2.05) is 18.4 Å². The third-order valence-corrected chi connectivity index (χ3v) is 5.97. The average Bonchev–Trinajstić information content (AvgIpc) is 3.30. The van der Waals surface area contributed by atoms with Crippen LogP contribution in [0.3, 0.4) is 0 Å². The highest BCUT2D eigenvalue weighted by molar-refractivity contribution is 7.09. The second-order valence-corrected chi connectivity index (χ2v) is 7.98. The summed E-state index contributed by atoms with van der Waals surface area (Å²) in [5, 5.41) is 5.76. The summed E-state index contributed by atoms with van der Waals surface area (Å²) in [5.74, 6) is 1.71. The second-order valence-electron chi connectivity index (χ2n) is 6.95. The Bertz CT molecular complexity index is 493. The molecular weight excluding hydrogens is 304 g/mol. The maximum Gasteiger partial charge on any atom is 0.193 e. The van der Waals surface area contributed by atoms with Gasteiger partial charge in [-0.25, -0.2) is 0 Å². The quantitative estimate of drug-likeness (QED) is 0.663. The standard InChI is InChI=1S/C18H30N4S/c1-15(12-17-6-5-11-23-17)13-20-18(19-2)22-10-7-16(14-22)21-8-3-4-9-21/h5-6,11,15-16H,3-4,7-10,12-14H2,1-2H3,(H,19,20). The minimum absolute atomic E-state index is 0.627. The number of likely N-dealkylation sites (tertiary alicyclic amines) is 2. The molecule has 2 aliphatic heterocycles. The van der Waals surface area contributed by atoms with Gasteiger partial charge in [0.15, 0.2) is 5.96 Å². The molecule has 0 aromatic carbocycles. The van der Waals surface area contributed by atoms with Crippen molar-refractivity contribution in [3.63, 3.8) is 0 Å². The smallest absolute Gasteiger partial charge is 0.193 e. The van der Waals surface area contributed by atoms with Crippen molar-refractivity contribution in [1.29, 1.82) is 0 Å². The molecule has 2 fully saturated rings. The zero-order valence-corrected chi connectivity index (χ0v) is 15.3. The van der Waals surface area contributed by atoms with Crippen LogP contribution < -0.4 is 5.32 Å². The van der Waals surface area contributed by atoms with Gasteiger partial charge in [0.05, 0.1) is 0 Å². The fraction of sp³-hybridized carbons (Fsp3) is 0.722. The summed E-state index contributed by atoms with van der Waals surface area (Å²) in [6.07, 6.45) is 5.19. The zero-order valence-electron chi connectivity index (χ0n) is 14.5. The Labute approximate surface area is 144 Å². The van der Waals surface area contributed by atoms with E-state index >= 15 is 0 Å². The van der Waals surface area contributed by atoms with Crippen molar-refractivity contribution < 1.29 is 0 Å². The SMILES string of the molecule is CN=C(NCC(C)Cc1cccs1)N1CCC(N2CCCC2)C1. The first-order valence-electron chi connectivity index (χ1n) is 8.98. The molecule has 2 aliphatic rings. The molecule has 0 radical (unpaired) electrons. The first-order valence-corrected chi connectivity index (χ1v) is 9.86. The van der Waals surface area contributed by atoms with Crippen molar-refractivity contribution >= 4 is 17.3 Å². The number of rotatable bonds is 5. The highest BCUT2D eigenvalue weighted by atomic mass is 32.1. The van der Waals surface area contributed by atoms with E-state index in [1.54, 1.807) is 0 Å². The molecule has 0 saturated carbocycles. The molecule has 1 aromatic heterocycles. The summed E-state index contributed by atoms with van der Waals surface area (Å²) >= 11 is 1.86. The van der Waals surface area contributed by atoms with Gasteiger partial charge >= 0.3 is 0 Å². The minimum atomic E-state index is 0.627. The van der Waals surface area contributed by atoms with E-state index in [4.69, 9.17) is 0 Å². The normalized spacial score (nSPS) is 24.3. The van der Waals surface area contributed by atoms with E-state index in [-0.39, 0.29) is 0 Å². The molecule has 0 bridgehead atoms. The molecule has 128 valence electrons. The molecule has 5 heteroatoms. The molecule has 1 N–H and O–H groups in total. The van der Waals surface area contributed by atoms with Crippen LogP contribution in [0.15, 0.2) is 22.5 Å². The number of aliphatic imine (C=N–C) groups is 1. The Kier molecular flexibility index (Phi) is 5.95. The molecular formula is C18H30N4S. The van der Waals surface area contributed by atoms with E-state index in [9.17, 15) is 0 Å². The monoisotopic (exact) mass is 334 g/mol. The maximum absolute atomic E-state index is 4.52.